The normalized spacial score (nSPS) is 23.1. The Hall–Kier alpha value is -6.84. The lowest BCUT2D eigenvalue weighted by atomic mass is 9.83. The van der Waals surface area contributed by atoms with Crippen molar-refractivity contribution in [3.63, 3.8) is 0 Å². The number of aryl methyl sites for hydroxylation is 1. The molecule has 6 atom stereocenters. The van der Waals surface area contributed by atoms with Crippen molar-refractivity contribution in [3.05, 3.63) is 107 Å². The fraction of sp³-hybridized carbons (Fsp3) is 0.516. The summed E-state index contributed by atoms with van der Waals surface area (Å²) in [6, 6.07) is 23.1. The van der Waals surface area contributed by atoms with Crippen LogP contribution in [0.25, 0.3) is 33.3 Å². The number of oxime groups is 1. The van der Waals surface area contributed by atoms with Crippen molar-refractivity contribution >= 4 is 40.3 Å². The zero-order valence-corrected chi connectivity index (χ0v) is 47.2. The summed E-state index contributed by atoms with van der Waals surface area (Å²) in [5, 5.41) is 21.6. The Balaban J connectivity index is 1.04. The van der Waals surface area contributed by atoms with Crippen LogP contribution < -0.4 is 10.7 Å². The lowest BCUT2D eigenvalue weighted by Crippen LogP contribution is -2.62. The van der Waals surface area contributed by atoms with Gasteiger partial charge in [0.15, 0.2) is 0 Å². The maximum Gasteiger partial charge on any atom is 0.324 e. The molecular formula is C62H76N8O9. The third kappa shape index (κ3) is 11.4. The first-order valence-corrected chi connectivity index (χ1v) is 28.1. The minimum absolute atomic E-state index is 0.0381. The predicted molar refractivity (Wildman–Crippen MR) is 300 cm³/mol. The van der Waals surface area contributed by atoms with Crippen LogP contribution in [0, 0.1) is 23.5 Å². The van der Waals surface area contributed by atoms with E-state index in [4.69, 9.17) is 29.2 Å². The molecule has 17 heteroatoms. The van der Waals surface area contributed by atoms with Gasteiger partial charge in [-0.3, -0.25) is 29.2 Å². The number of carbonyl (C=O) groups is 4. The number of phenolic OH excluding ortho intramolecular Hbond substituents is 1. The number of hydrogen-bond acceptors (Lipinski definition) is 13. The topological polar surface area (TPSA) is 189 Å². The zero-order valence-electron chi connectivity index (χ0n) is 47.2. The average Bonchev–Trinajstić information content (AvgIpc) is 4.24. The van der Waals surface area contributed by atoms with Crippen molar-refractivity contribution in [1.29, 1.82) is 0 Å². The summed E-state index contributed by atoms with van der Waals surface area (Å²) in [6.07, 6.45) is 5.17. The molecule has 0 saturated carbocycles. The van der Waals surface area contributed by atoms with E-state index in [0.717, 1.165) is 76.2 Å². The molecule has 10 rings (SSSR count). The zero-order chi connectivity index (χ0) is 55.9. The molecule has 3 fully saturated rings. The molecule has 0 radical (unpaired) electrons. The second-order valence-electron chi connectivity index (χ2n) is 23.6. The van der Waals surface area contributed by atoms with Gasteiger partial charge in [-0.05, 0) is 105 Å². The molecule has 5 aliphatic rings. The molecule has 2 aromatic heterocycles. The highest BCUT2D eigenvalue weighted by molar-refractivity contribution is 6.03. The standard InChI is InChI=1S/C62H76N8O9/c1-10-69-52-19-18-41-31-46(52)48(55(69)47-32-43(35-63-53(47)38(4)76-9)51-34-62(79-66-51)21-24-67(7)25-22-62)33-61(5,6)36-78-60(75)49-17-14-23-70(65-49)58(73)50(29-39-27-42(41)30-44(71)28-39)64-57(72)54(37(2)3)68(8)59(74)56-45(20-26-77-56)40-15-12-11-13-16-40/h11-13,15-16,27-28,30-32,35,37-38,45,49-50,54,56,65,71H,10,14,17,20-26,29,33-34,36H2,1-9H3,(H,64,72). The summed E-state index contributed by atoms with van der Waals surface area (Å²) in [4.78, 5) is 73.6. The number of pyridine rings is 1. The lowest BCUT2D eigenvalue weighted by molar-refractivity contribution is -0.155. The number of aromatic nitrogens is 2. The first kappa shape index (κ1) is 55.5. The average molecular weight is 1080 g/mol. The first-order valence-electron chi connectivity index (χ1n) is 28.1. The number of fused-ring (bicyclic) bond motifs is 6. The van der Waals surface area contributed by atoms with Crippen LogP contribution in [0.15, 0.2) is 72.0 Å². The Morgan fingerprint density at radius 1 is 1.00 bits per heavy atom. The van der Waals surface area contributed by atoms with Crippen LogP contribution in [0.2, 0.25) is 0 Å². The summed E-state index contributed by atoms with van der Waals surface area (Å²) in [5.74, 6) is -2.41. The highest BCUT2D eigenvalue weighted by Crippen LogP contribution is 2.43. The Bertz CT molecular complexity index is 3130. The Labute approximate surface area is 463 Å². The molecule has 17 nitrogen and oxygen atoms in total. The van der Waals surface area contributed by atoms with E-state index in [-0.39, 0.29) is 54.8 Å². The molecule has 3 saturated heterocycles. The molecule has 6 unspecified atom stereocenters. The number of hydrogen-bond donors (Lipinski definition) is 3. The maximum atomic E-state index is 15.0. The quantitative estimate of drug-likeness (QED) is 0.110. The molecule has 3 N–H and O–H groups in total. The summed E-state index contributed by atoms with van der Waals surface area (Å²) >= 11 is 0. The number of nitrogens with zero attached hydrogens (tertiary/aromatic N) is 6. The monoisotopic (exact) mass is 1080 g/mol. The molecule has 6 bridgehead atoms. The number of likely N-dealkylation sites (tertiary alicyclic amines) is 1. The molecule has 1 spiro atoms. The number of phenols is 1. The van der Waals surface area contributed by atoms with E-state index in [1.807, 2.05) is 63.4 Å². The van der Waals surface area contributed by atoms with E-state index in [0.29, 0.717) is 61.9 Å². The number of rotatable bonds is 11. The van der Waals surface area contributed by atoms with Gasteiger partial charge >= 0.3 is 5.97 Å². The van der Waals surface area contributed by atoms with Gasteiger partial charge in [0.25, 0.3) is 11.8 Å². The molecule has 7 heterocycles. The van der Waals surface area contributed by atoms with Gasteiger partial charge in [-0.15, -0.1) is 0 Å². The number of amides is 3. The number of nitrogens with one attached hydrogen (secondary N) is 2. The highest BCUT2D eigenvalue weighted by Gasteiger charge is 2.44. The number of carbonyl (C=O) groups excluding carboxylic acids is 4. The number of methoxy groups -OCH3 is 1. The number of aromatic hydroxyl groups is 1. The number of esters is 1. The van der Waals surface area contributed by atoms with Crippen molar-refractivity contribution in [2.24, 2.45) is 16.5 Å². The predicted octanol–water partition coefficient (Wildman–Crippen LogP) is 7.70. The molecule has 0 aliphatic carbocycles. The van der Waals surface area contributed by atoms with Crippen LogP contribution >= 0.6 is 0 Å². The summed E-state index contributed by atoms with van der Waals surface area (Å²) < 4.78 is 20.5. The third-order valence-corrected chi connectivity index (χ3v) is 16.9. The Kier molecular flexibility index (Phi) is 16.0. The number of ether oxygens (including phenoxy) is 3. The molecule has 418 valence electrons. The van der Waals surface area contributed by atoms with Crippen LogP contribution in [-0.4, -0.2) is 143 Å². The van der Waals surface area contributed by atoms with Gasteiger partial charge in [-0.25, -0.2) is 5.43 Å². The Morgan fingerprint density at radius 2 is 1.77 bits per heavy atom. The van der Waals surface area contributed by atoms with Gasteiger partial charge in [0.05, 0.1) is 29.8 Å². The second-order valence-corrected chi connectivity index (χ2v) is 23.6. The molecule has 79 heavy (non-hydrogen) atoms. The molecule has 3 aromatic carbocycles. The van der Waals surface area contributed by atoms with Crippen molar-refractivity contribution in [3.8, 4) is 28.1 Å². The van der Waals surface area contributed by atoms with Gasteiger partial charge < -0.3 is 43.8 Å². The fourth-order valence-corrected chi connectivity index (χ4v) is 12.5. The van der Waals surface area contributed by atoms with Crippen LogP contribution in [0.4, 0.5) is 0 Å². The van der Waals surface area contributed by atoms with E-state index in [1.165, 1.54) is 9.91 Å². The van der Waals surface area contributed by atoms with Crippen molar-refractivity contribution < 1.29 is 43.3 Å². The Morgan fingerprint density at radius 3 is 2.51 bits per heavy atom. The van der Waals surface area contributed by atoms with Crippen LogP contribution in [0.3, 0.4) is 0 Å². The van der Waals surface area contributed by atoms with Crippen molar-refractivity contribution in [2.75, 3.05) is 54.1 Å². The summed E-state index contributed by atoms with van der Waals surface area (Å²) in [6.45, 7) is 15.1. The minimum Gasteiger partial charge on any atom is -0.508 e. The molecule has 5 aromatic rings. The molecular weight excluding hydrogens is 1000 g/mol. The number of cyclic esters (lactones) is 1. The molecule has 5 aliphatic heterocycles. The van der Waals surface area contributed by atoms with E-state index >= 15 is 0 Å². The van der Waals surface area contributed by atoms with Crippen molar-refractivity contribution in [1.82, 2.24) is 35.1 Å². The number of hydrazine groups is 1. The SMILES string of the molecule is CCn1c(-c2cc(C3=NOC4(CCN(C)CC4)C3)cnc2C(C)OC)c2c3cc(c#cc31)-c1cc(O)cc(c1)CC(NC(=O)C(C(C)C)N(C)C(=O)C1OCCC1c1ccccc1)C(=O)N1CCCC(N1)C(=O)OCC(C)(C)C2. The van der Waals surface area contributed by atoms with Gasteiger partial charge in [-0.2, -0.15) is 0 Å². The van der Waals surface area contributed by atoms with Crippen LogP contribution in [0.5, 0.6) is 5.75 Å². The lowest BCUT2D eigenvalue weighted by Gasteiger charge is -2.37. The van der Waals surface area contributed by atoms with Crippen LogP contribution in [-0.2, 0) is 57.6 Å². The summed E-state index contributed by atoms with van der Waals surface area (Å²) in [5.41, 5.74) is 11.1. The number of likely N-dealkylation sites (N-methyl/N-ethyl adjacent to an activating group) is 1. The van der Waals surface area contributed by atoms with Gasteiger partial charge in [-0.1, -0.05) is 75.3 Å². The van der Waals surface area contributed by atoms with E-state index < -0.39 is 47.4 Å². The van der Waals surface area contributed by atoms with Gasteiger partial charge in [0, 0.05) is 112 Å². The van der Waals surface area contributed by atoms with Gasteiger partial charge in [0.1, 0.15) is 41.1 Å². The second kappa shape index (κ2) is 22.7. The third-order valence-electron chi connectivity index (χ3n) is 16.9. The largest absolute Gasteiger partial charge is 0.508 e. The summed E-state index contributed by atoms with van der Waals surface area (Å²) in [7, 11) is 5.42. The highest BCUT2D eigenvalue weighted by atomic mass is 16.7. The number of piperidine rings is 1. The van der Waals surface area contributed by atoms with Gasteiger partial charge in [0.2, 0.25) is 5.91 Å². The van der Waals surface area contributed by atoms with E-state index in [9.17, 15) is 24.3 Å². The maximum absolute atomic E-state index is 15.0. The van der Waals surface area contributed by atoms with Crippen LogP contribution in [0.1, 0.15) is 120 Å². The van der Waals surface area contributed by atoms with Crippen molar-refractivity contribution in [2.45, 2.75) is 141 Å². The minimum atomic E-state index is -1.19. The fourth-order valence-electron chi connectivity index (χ4n) is 12.5. The number of benzene rings is 2. The van der Waals surface area contributed by atoms with E-state index in [2.05, 4.69) is 72.3 Å². The molecule has 3 amide bonds. The van der Waals surface area contributed by atoms with E-state index in [1.54, 1.807) is 26.3 Å². The first-order chi connectivity index (χ1) is 37.9. The smallest absolute Gasteiger partial charge is 0.324 e.